The summed E-state index contributed by atoms with van der Waals surface area (Å²) in [5.74, 6) is -1.60. The molecular formula is C17H13BrClNO5. The molecule has 0 saturated heterocycles. The molecule has 0 radical (unpaired) electrons. The maximum absolute atomic E-state index is 12.7. The van der Waals surface area contributed by atoms with Crippen LogP contribution in [-0.2, 0) is 9.59 Å². The molecule has 0 aliphatic carbocycles. The fourth-order valence-corrected chi connectivity index (χ4v) is 2.31. The van der Waals surface area contributed by atoms with Crippen LogP contribution in [0, 0.1) is 0 Å². The van der Waals surface area contributed by atoms with E-state index in [0.717, 1.165) is 0 Å². The normalized spacial score (nSPS) is 10.2. The molecule has 0 fully saturated rings. The van der Waals surface area contributed by atoms with E-state index in [2.05, 4.69) is 21.2 Å². The minimum absolute atomic E-state index is 0.133. The van der Waals surface area contributed by atoms with E-state index in [1.807, 2.05) is 0 Å². The smallest absolute Gasteiger partial charge is 0.341 e. The molecular weight excluding hydrogens is 414 g/mol. The summed E-state index contributed by atoms with van der Waals surface area (Å²) in [7, 11) is 0. The summed E-state index contributed by atoms with van der Waals surface area (Å²) < 4.78 is 5.15. The highest BCUT2D eigenvalue weighted by Gasteiger charge is 2.16. The number of hydrogen-bond donors (Lipinski definition) is 2. The third kappa shape index (κ3) is 5.30. The van der Waals surface area contributed by atoms with Gasteiger partial charge in [-0.2, -0.15) is 0 Å². The third-order valence-electron chi connectivity index (χ3n) is 3.09. The van der Waals surface area contributed by atoms with Gasteiger partial charge in [0.1, 0.15) is 5.75 Å². The lowest BCUT2D eigenvalue weighted by molar-refractivity contribution is -0.139. The second-order valence-electron chi connectivity index (χ2n) is 4.91. The zero-order chi connectivity index (χ0) is 18.4. The molecule has 0 saturated carbocycles. The molecule has 0 aliphatic rings. The van der Waals surface area contributed by atoms with Crippen molar-refractivity contribution < 1.29 is 24.2 Å². The summed E-state index contributed by atoms with van der Waals surface area (Å²) >= 11 is 8.98. The Morgan fingerprint density at radius 2 is 1.80 bits per heavy atom. The first kappa shape index (κ1) is 19.0. The number of rotatable bonds is 7. The van der Waals surface area contributed by atoms with Crippen molar-refractivity contribution >= 4 is 50.9 Å². The number of carbonyl (C=O) groups excluding carboxylic acids is 2. The Morgan fingerprint density at radius 3 is 2.40 bits per heavy atom. The van der Waals surface area contributed by atoms with Crippen molar-refractivity contribution in [2.45, 2.75) is 0 Å². The lowest BCUT2D eigenvalue weighted by Gasteiger charge is -2.10. The number of hydrogen-bond acceptors (Lipinski definition) is 4. The van der Waals surface area contributed by atoms with Crippen molar-refractivity contribution in [3.8, 4) is 5.75 Å². The molecule has 0 heterocycles. The van der Waals surface area contributed by atoms with Crippen molar-refractivity contribution in [2.24, 2.45) is 0 Å². The number of carbonyl (C=O) groups is 3. The number of amides is 1. The molecule has 8 heteroatoms. The average molecular weight is 427 g/mol. The van der Waals surface area contributed by atoms with Gasteiger partial charge in [0.2, 0.25) is 5.91 Å². The largest absolute Gasteiger partial charge is 0.481 e. The van der Waals surface area contributed by atoms with Crippen molar-refractivity contribution in [3.05, 3.63) is 58.6 Å². The molecule has 2 aromatic rings. The van der Waals surface area contributed by atoms with E-state index in [0.29, 0.717) is 16.3 Å². The summed E-state index contributed by atoms with van der Waals surface area (Å²) in [6.07, 6.45) is 0. The predicted molar refractivity (Wildman–Crippen MR) is 96.9 cm³/mol. The number of carboxylic acid groups (broad SMARTS) is 1. The lowest BCUT2D eigenvalue weighted by atomic mass is 10.0. The summed E-state index contributed by atoms with van der Waals surface area (Å²) in [5, 5.41) is 11.9. The number of aliphatic carboxylic acids is 1. The van der Waals surface area contributed by atoms with Crippen LogP contribution < -0.4 is 10.1 Å². The van der Waals surface area contributed by atoms with Crippen LogP contribution in [0.15, 0.2) is 42.5 Å². The summed E-state index contributed by atoms with van der Waals surface area (Å²) in [5.41, 5.74) is 1.06. The number of halogens is 2. The topological polar surface area (TPSA) is 92.7 Å². The van der Waals surface area contributed by atoms with E-state index in [1.54, 1.807) is 24.3 Å². The molecule has 0 aromatic heterocycles. The maximum atomic E-state index is 12.7. The van der Waals surface area contributed by atoms with Crippen LogP contribution in [0.2, 0.25) is 5.02 Å². The molecule has 6 nitrogen and oxygen atoms in total. The number of nitrogens with one attached hydrogen (secondary N) is 1. The van der Waals surface area contributed by atoms with Gasteiger partial charge < -0.3 is 15.2 Å². The van der Waals surface area contributed by atoms with Gasteiger partial charge in [-0.05, 0) is 42.5 Å². The Hall–Kier alpha value is -2.38. The quantitative estimate of drug-likeness (QED) is 0.523. The van der Waals surface area contributed by atoms with Crippen molar-refractivity contribution in [1.29, 1.82) is 0 Å². The first-order valence-electron chi connectivity index (χ1n) is 7.05. The second kappa shape index (κ2) is 8.64. The molecule has 1 amide bonds. The van der Waals surface area contributed by atoms with E-state index < -0.39 is 12.6 Å². The van der Waals surface area contributed by atoms with Gasteiger partial charge in [0.05, 0.1) is 10.9 Å². The minimum atomic E-state index is -1.15. The summed E-state index contributed by atoms with van der Waals surface area (Å²) in [6, 6.07) is 10.7. The minimum Gasteiger partial charge on any atom is -0.481 e. The molecule has 25 heavy (non-hydrogen) atoms. The van der Waals surface area contributed by atoms with Crippen LogP contribution in [0.3, 0.4) is 0 Å². The monoisotopic (exact) mass is 425 g/mol. The highest BCUT2D eigenvalue weighted by Crippen LogP contribution is 2.26. The maximum Gasteiger partial charge on any atom is 0.341 e. The van der Waals surface area contributed by atoms with E-state index in [1.165, 1.54) is 18.2 Å². The summed E-state index contributed by atoms with van der Waals surface area (Å²) in [6.45, 7) is -0.570. The fourth-order valence-electron chi connectivity index (χ4n) is 2.00. The van der Waals surface area contributed by atoms with Gasteiger partial charge in [0, 0.05) is 16.3 Å². The van der Waals surface area contributed by atoms with Crippen LogP contribution in [0.5, 0.6) is 5.75 Å². The molecule has 2 N–H and O–H groups in total. The number of benzene rings is 2. The predicted octanol–water partition coefficient (Wildman–Crippen LogP) is 3.37. The van der Waals surface area contributed by atoms with Crippen molar-refractivity contribution in [3.63, 3.8) is 0 Å². The van der Waals surface area contributed by atoms with Crippen LogP contribution in [-0.4, -0.2) is 34.7 Å². The standard InChI is InChI=1S/C17H13BrClNO5/c18-8-15(21)20-12-4-1-10(2-5-12)17(24)13-7-11(19)3-6-14(13)25-9-16(22)23/h1-7H,8-9H2,(H,20,21)(H,22,23). The molecule has 0 bridgehead atoms. The summed E-state index contributed by atoms with van der Waals surface area (Å²) in [4.78, 5) is 34.7. The number of carboxylic acids is 1. The molecule has 0 aliphatic heterocycles. The van der Waals surface area contributed by atoms with Gasteiger partial charge in [0.25, 0.3) is 0 Å². The molecule has 0 unspecified atom stereocenters. The first-order valence-corrected chi connectivity index (χ1v) is 8.55. The highest BCUT2D eigenvalue weighted by molar-refractivity contribution is 9.09. The van der Waals surface area contributed by atoms with Gasteiger partial charge in [-0.3, -0.25) is 9.59 Å². The molecule has 2 rings (SSSR count). The number of anilines is 1. The van der Waals surface area contributed by atoms with Crippen LogP contribution in [0.25, 0.3) is 0 Å². The average Bonchev–Trinajstić information content (AvgIpc) is 2.60. The van der Waals surface area contributed by atoms with Crippen molar-refractivity contribution in [2.75, 3.05) is 17.3 Å². The Kier molecular flexibility index (Phi) is 6.55. The highest BCUT2D eigenvalue weighted by atomic mass is 79.9. The first-order chi connectivity index (χ1) is 11.9. The van der Waals surface area contributed by atoms with Crippen LogP contribution >= 0.6 is 27.5 Å². The van der Waals surface area contributed by atoms with Gasteiger partial charge in [0.15, 0.2) is 12.4 Å². The van der Waals surface area contributed by atoms with Gasteiger partial charge in [-0.25, -0.2) is 4.79 Å². The lowest BCUT2D eigenvalue weighted by Crippen LogP contribution is -2.13. The Labute approximate surface area is 156 Å². The molecule has 2 aromatic carbocycles. The van der Waals surface area contributed by atoms with Crippen molar-refractivity contribution in [1.82, 2.24) is 0 Å². The van der Waals surface area contributed by atoms with Crippen LogP contribution in [0.1, 0.15) is 15.9 Å². The number of ether oxygens (including phenoxy) is 1. The van der Waals surface area contributed by atoms with E-state index >= 15 is 0 Å². The van der Waals surface area contributed by atoms with Gasteiger partial charge in [-0.15, -0.1) is 0 Å². The third-order valence-corrected chi connectivity index (χ3v) is 3.83. The van der Waals surface area contributed by atoms with E-state index in [4.69, 9.17) is 21.4 Å². The molecule has 0 atom stereocenters. The Bertz CT molecular complexity index is 807. The second-order valence-corrected chi connectivity index (χ2v) is 5.91. The number of alkyl halides is 1. The zero-order valence-electron chi connectivity index (χ0n) is 12.8. The number of ketones is 1. The fraction of sp³-hybridized carbons (Fsp3) is 0.118. The van der Waals surface area contributed by atoms with Gasteiger partial charge >= 0.3 is 5.97 Å². The SMILES string of the molecule is O=C(O)COc1ccc(Cl)cc1C(=O)c1ccc(NC(=O)CBr)cc1. The van der Waals surface area contributed by atoms with E-state index in [-0.39, 0.29) is 28.3 Å². The molecule has 0 spiro atoms. The zero-order valence-corrected chi connectivity index (χ0v) is 15.1. The van der Waals surface area contributed by atoms with Crippen LogP contribution in [0.4, 0.5) is 5.69 Å². The molecule has 130 valence electrons. The Morgan fingerprint density at radius 1 is 1.12 bits per heavy atom. The Balaban J connectivity index is 2.26. The van der Waals surface area contributed by atoms with Gasteiger partial charge in [-0.1, -0.05) is 27.5 Å². The van der Waals surface area contributed by atoms with E-state index in [9.17, 15) is 14.4 Å².